The Bertz CT molecular complexity index is 453. The van der Waals surface area contributed by atoms with Gasteiger partial charge in [-0.2, -0.15) is 15.0 Å². The van der Waals surface area contributed by atoms with Gasteiger partial charge in [0.2, 0.25) is 11.9 Å². The van der Waals surface area contributed by atoms with E-state index in [1.54, 1.807) is 0 Å². The Labute approximate surface area is 90.4 Å². The van der Waals surface area contributed by atoms with Crippen molar-refractivity contribution < 1.29 is 10.2 Å². The quantitative estimate of drug-likeness (QED) is 0.535. The molecule has 0 aliphatic rings. The van der Waals surface area contributed by atoms with Crippen LogP contribution in [0.15, 0.2) is 18.2 Å². The molecule has 0 fully saturated rings. The van der Waals surface area contributed by atoms with Gasteiger partial charge in [0.15, 0.2) is 5.82 Å². The molecule has 2 aromatic rings. The zero-order valence-corrected chi connectivity index (χ0v) is 8.12. The summed E-state index contributed by atoms with van der Waals surface area (Å²) in [5.74, 6) is -0.0630. The molecule has 82 valence electrons. The first-order chi connectivity index (χ1) is 7.54. The van der Waals surface area contributed by atoms with Crippen LogP contribution in [0.4, 0.5) is 11.9 Å². The second kappa shape index (κ2) is 3.54. The van der Waals surface area contributed by atoms with E-state index in [2.05, 4.69) is 15.0 Å². The average molecular weight is 219 g/mol. The molecule has 0 unspecified atom stereocenters. The van der Waals surface area contributed by atoms with Crippen LogP contribution in [-0.2, 0) is 0 Å². The number of rotatable bonds is 1. The van der Waals surface area contributed by atoms with E-state index in [0.29, 0.717) is 5.56 Å². The van der Waals surface area contributed by atoms with Gasteiger partial charge in [-0.1, -0.05) is 0 Å². The van der Waals surface area contributed by atoms with Crippen LogP contribution in [0.1, 0.15) is 0 Å². The molecule has 7 heteroatoms. The Morgan fingerprint density at radius 3 is 1.81 bits per heavy atom. The van der Waals surface area contributed by atoms with Gasteiger partial charge in [-0.25, -0.2) is 0 Å². The molecule has 0 radical (unpaired) electrons. The van der Waals surface area contributed by atoms with Crippen LogP contribution in [0.5, 0.6) is 11.5 Å². The fourth-order valence-corrected chi connectivity index (χ4v) is 1.26. The molecule has 7 nitrogen and oxygen atoms in total. The number of phenolic OH excluding ortho intramolecular Hbond substituents is 2. The lowest BCUT2D eigenvalue weighted by atomic mass is 10.2. The SMILES string of the molecule is Nc1nc(N)nc(-c2cc(O)cc(O)c2)n1. The van der Waals surface area contributed by atoms with Crippen LogP contribution < -0.4 is 11.5 Å². The molecule has 1 aromatic heterocycles. The summed E-state index contributed by atoms with van der Waals surface area (Å²) in [6.07, 6.45) is 0. The number of hydrogen-bond donors (Lipinski definition) is 4. The van der Waals surface area contributed by atoms with Crippen LogP contribution in [0.3, 0.4) is 0 Å². The summed E-state index contributed by atoms with van der Waals surface area (Å²) in [6, 6.07) is 3.96. The normalized spacial score (nSPS) is 10.2. The van der Waals surface area contributed by atoms with Crippen LogP contribution in [0.25, 0.3) is 11.4 Å². The predicted octanol–water partition coefficient (Wildman–Crippen LogP) is 0.114. The molecular formula is C9H9N5O2. The van der Waals surface area contributed by atoms with Crippen molar-refractivity contribution in [3.05, 3.63) is 18.2 Å². The first kappa shape index (κ1) is 9.97. The van der Waals surface area contributed by atoms with Crippen molar-refractivity contribution >= 4 is 11.9 Å². The lowest BCUT2D eigenvalue weighted by Gasteiger charge is -2.03. The smallest absolute Gasteiger partial charge is 0.225 e. The first-order valence-corrected chi connectivity index (χ1v) is 4.35. The highest BCUT2D eigenvalue weighted by atomic mass is 16.3. The Morgan fingerprint density at radius 2 is 1.31 bits per heavy atom. The molecule has 0 amide bonds. The zero-order valence-electron chi connectivity index (χ0n) is 8.12. The lowest BCUT2D eigenvalue weighted by Crippen LogP contribution is -2.04. The molecule has 1 heterocycles. The van der Waals surface area contributed by atoms with Crippen molar-refractivity contribution in [3.8, 4) is 22.9 Å². The van der Waals surface area contributed by atoms with Gasteiger partial charge >= 0.3 is 0 Å². The number of aromatic hydroxyl groups is 2. The number of anilines is 2. The highest BCUT2D eigenvalue weighted by Crippen LogP contribution is 2.26. The molecule has 0 spiro atoms. The van der Waals surface area contributed by atoms with E-state index in [4.69, 9.17) is 11.5 Å². The first-order valence-electron chi connectivity index (χ1n) is 4.35. The lowest BCUT2D eigenvalue weighted by molar-refractivity contribution is 0.451. The monoisotopic (exact) mass is 219 g/mol. The van der Waals surface area contributed by atoms with Gasteiger partial charge in [0.25, 0.3) is 0 Å². The van der Waals surface area contributed by atoms with E-state index in [0.717, 1.165) is 0 Å². The largest absolute Gasteiger partial charge is 0.508 e. The fourth-order valence-electron chi connectivity index (χ4n) is 1.26. The minimum Gasteiger partial charge on any atom is -0.508 e. The standard InChI is InChI=1S/C9H9N5O2/c10-8-12-7(13-9(11)14-8)4-1-5(15)3-6(16)2-4/h1-3,15-16H,(H4,10,11,12,13,14). The molecule has 0 saturated heterocycles. The summed E-state index contributed by atoms with van der Waals surface area (Å²) < 4.78 is 0. The van der Waals surface area contributed by atoms with E-state index < -0.39 is 0 Å². The van der Waals surface area contributed by atoms with Gasteiger partial charge in [0.05, 0.1) is 0 Å². The molecule has 2 rings (SSSR count). The highest BCUT2D eigenvalue weighted by molar-refractivity contribution is 5.61. The highest BCUT2D eigenvalue weighted by Gasteiger charge is 2.07. The molecule has 0 aliphatic carbocycles. The maximum absolute atomic E-state index is 9.30. The predicted molar refractivity (Wildman–Crippen MR) is 57.4 cm³/mol. The van der Waals surface area contributed by atoms with Gasteiger partial charge < -0.3 is 21.7 Å². The van der Waals surface area contributed by atoms with Crippen molar-refractivity contribution in [2.75, 3.05) is 11.5 Å². The van der Waals surface area contributed by atoms with Gasteiger partial charge in [-0.3, -0.25) is 0 Å². The van der Waals surface area contributed by atoms with E-state index >= 15 is 0 Å². The summed E-state index contributed by atoms with van der Waals surface area (Å²) >= 11 is 0. The summed E-state index contributed by atoms with van der Waals surface area (Å²) in [6.45, 7) is 0. The van der Waals surface area contributed by atoms with E-state index in [-0.39, 0.29) is 29.2 Å². The maximum Gasteiger partial charge on any atom is 0.225 e. The molecule has 1 aromatic carbocycles. The minimum atomic E-state index is -0.104. The molecule has 0 atom stereocenters. The topological polar surface area (TPSA) is 131 Å². The van der Waals surface area contributed by atoms with Crippen molar-refractivity contribution in [2.24, 2.45) is 0 Å². The van der Waals surface area contributed by atoms with Crippen LogP contribution in [-0.4, -0.2) is 25.2 Å². The number of hydrogen-bond acceptors (Lipinski definition) is 7. The van der Waals surface area contributed by atoms with Gasteiger partial charge in [-0.15, -0.1) is 0 Å². The molecule has 0 bridgehead atoms. The van der Waals surface area contributed by atoms with Crippen molar-refractivity contribution in [3.63, 3.8) is 0 Å². The van der Waals surface area contributed by atoms with Crippen LogP contribution in [0, 0.1) is 0 Å². The van der Waals surface area contributed by atoms with E-state index in [1.807, 2.05) is 0 Å². The van der Waals surface area contributed by atoms with Gasteiger partial charge in [0, 0.05) is 11.6 Å². The molecule has 6 N–H and O–H groups in total. The van der Waals surface area contributed by atoms with E-state index in [9.17, 15) is 10.2 Å². The molecule has 0 aliphatic heterocycles. The summed E-state index contributed by atoms with van der Waals surface area (Å²) in [4.78, 5) is 11.3. The fraction of sp³-hybridized carbons (Fsp3) is 0. The number of benzene rings is 1. The second-order valence-corrected chi connectivity index (χ2v) is 3.11. The van der Waals surface area contributed by atoms with Crippen molar-refractivity contribution in [1.29, 1.82) is 0 Å². The molecule has 0 saturated carbocycles. The Morgan fingerprint density at radius 1 is 0.812 bits per heavy atom. The number of nitrogens with zero attached hydrogens (tertiary/aromatic N) is 3. The Kier molecular flexibility index (Phi) is 2.20. The summed E-state index contributed by atoms with van der Waals surface area (Å²) in [5.41, 5.74) is 11.2. The third-order valence-corrected chi connectivity index (χ3v) is 1.83. The number of nitrogen functional groups attached to an aromatic ring is 2. The minimum absolute atomic E-state index is 0.0228. The third-order valence-electron chi connectivity index (χ3n) is 1.83. The second-order valence-electron chi connectivity index (χ2n) is 3.11. The maximum atomic E-state index is 9.30. The summed E-state index contributed by atoms with van der Waals surface area (Å²) in [5, 5.41) is 18.6. The van der Waals surface area contributed by atoms with Crippen molar-refractivity contribution in [1.82, 2.24) is 15.0 Å². The molecule has 16 heavy (non-hydrogen) atoms. The van der Waals surface area contributed by atoms with Crippen molar-refractivity contribution in [2.45, 2.75) is 0 Å². The van der Waals surface area contributed by atoms with Gasteiger partial charge in [0.1, 0.15) is 11.5 Å². The summed E-state index contributed by atoms with van der Waals surface area (Å²) in [7, 11) is 0. The van der Waals surface area contributed by atoms with Crippen LogP contribution >= 0.6 is 0 Å². The zero-order chi connectivity index (χ0) is 11.7. The number of nitrogens with two attached hydrogens (primary N) is 2. The molecular weight excluding hydrogens is 210 g/mol. The van der Waals surface area contributed by atoms with Crippen LogP contribution in [0.2, 0.25) is 0 Å². The van der Waals surface area contributed by atoms with Gasteiger partial charge in [-0.05, 0) is 12.1 Å². The number of phenols is 2. The van der Waals surface area contributed by atoms with E-state index in [1.165, 1.54) is 18.2 Å². The third kappa shape index (κ3) is 1.92. The average Bonchev–Trinajstić information content (AvgIpc) is 2.14. The Hall–Kier alpha value is -2.57. The Balaban J connectivity index is 2.57. The number of aromatic nitrogens is 3.